The van der Waals surface area contributed by atoms with E-state index in [0.717, 1.165) is 24.1 Å². The van der Waals surface area contributed by atoms with Gasteiger partial charge in [0.25, 0.3) is 0 Å². The number of hydrogen-bond acceptors (Lipinski definition) is 3. The first-order valence-corrected chi connectivity index (χ1v) is 8.17. The van der Waals surface area contributed by atoms with E-state index < -0.39 is 0 Å². The topological polar surface area (TPSA) is 49.4 Å². The van der Waals surface area contributed by atoms with Crippen LogP contribution in [0.1, 0.15) is 24.1 Å². The van der Waals surface area contributed by atoms with E-state index in [1.165, 1.54) is 17.4 Å². The number of amides is 2. The summed E-state index contributed by atoms with van der Waals surface area (Å²) < 4.78 is 0.709. The van der Waals surface area contributed by atoms with Gasteiger partial charge in [0.2, 0.25) is 11.8 Å². The summed E-state index contributed by atoms with van der Waals surface area (Å²) in [5.74, 6) is -0.239. The van der Waals surface area contributed by atoms with E-state index in [1.54, 1.807) is 4.90 Å². The Labute approximate surface area is 132 Å². The predicted molar refractivity (Wildman–Crippen MR) is 83.2 cm³/mol. The summed E-state index contributed by atoms with van der Waals surface area (Å²) in [6.07, 6.45) is 4.28. The highest BCUT2D eigenvalue weighted by atomic mass is 35.5. The van der Waals surface area contributed by atoms with Gasteiger partial charge in [-0.15, -0.1) is 11.3 Å². The Balaban J connectivity index is 1.64. The molecule has 0 unspecified atom stereocenters. The number of hydrogen-bond donors (Lipinski definition) is 1. The molecular formula is C15H17ClN2O2S. The molecule has 1 aromatic rings. The fraction of sp³-hybridized carbons (Fsp3) is 0.467. The van der Waals surface area contributed by atoms with Gasteiger partial charge in [-0.2, -0.15) is 0 Å². The SMILES string of the molecule is C=CC(=O)N1CC2(CC2)C[C@@H]1C(=O)NCc1ccc(Cl)s1. The summed E-state index contributed by atoms with van der Waals surface area (Å²) in [5.41, 5.74) is 0.187. The minimum atomic E-state index is -0.367. The van der Waals surface area contributed by atoms with Gasteiger partial charge in [0.05, 0.1) is 10.9 Å². The monoisotopic (exact) mass is 324 g/mol. The molecule has 1 spiro atoms. The molecule has 0 bridgehead atoms. The molecule has 1 N–H and O–H groups in total. The summed E-state index contributed by atoms with van der Waals surface area (Å²) in [7, 11) is 0. The maximum absolute atomic E-state index is 12.4. The number of carbonyl (C=O) groups is 2. The van der Waals surface area contributed by atoms with Crippen LogP contribution in [-0.2, 0) is 16.1 Å². The second-order valence-corrected chi connectivity index (χ2v) is 7.61. The van der Waals surface area contributed by atoms with Gasteiger partial charge < -0.3 is 10.2 Å². The number of rotatable bonds is 4. The normalized spacial score (nSPS) is 22.3. The fourth-order valence-corrected chi connectivity index (χ4v) is 3.94. The first-order chi connectivity index (χ1) is 10.0. The zero-order valence-corrected chi connectivity index (χ0v) is 13.2. The van der Waals surface area contributed by atoms with E-state index in [4.69, 9.17) is 11.6 Å². The average Bonchev–Trinajstić information content (AvgIpc) is 2.92. The Bertz CT molecular complexity index is 594. The van der Waals surface area contributed by atoms with Gasteiger partial charge in [-0.05, 0) is 42.9 Å². The third kappa shape index (κ3) is 2.99. The van der Waals surface area contributed by atoms with E-state index >= 15 is 0 Å². The van der Waals surface area contributed by atoms with Gasteiger partial charge in [0.15, 0.2) is 0 Å². The van der Waals surface area contributed by atoms with Crippen LogP contribution in [0.15, 0.2) is 24.8 Å². The minimum absolute atomic E-state index is 0.0847. The van der Waals surface area contributed by atoms with Crippen molar-refractivity contribution >= 4 is 34.8 Å². The first kappa shape index (κ1) is 14.6. The Kier molecular flexibility index (Phi) is 3.80. The van der Waals surface area contributed by atoms with Gasteiger partial charge in [-0.1, -0.05) is 18.2 Å². The molecule has 112 valence electrons. The Morgan fingerprint density at radius 3 is 2.86 bits per heavy atom. The average molecular weight is 325 g/mol. The smallest absolute Gasteiger partial charge is 0.246 e. The second-order valence-electron chi connectivity index (χ2n) is 5.81. The van der Waals surface area contributed by atoms with Crippen molar-refractivity contribution < 1.29 is 9.59 Å². The molecule has 0 radical (unpaired) electrons. The lowest BCUT2D eigenvalue weighted by molar-refractivity contribution is -0.135. The molecule has 2 heterocycles. The lowest BCUT2D eigenvalue weighted by Gasteiger charge is -2.22. The van der Waals surface area contributed by atoms with Gasteiger partial charge in [-0.25, -0.2) is 0 Å². The number of halogens is 1. The molecular weight excluding hydrogens is 308 g/mol. The molecule has 3 rings (SSSR count). The zero-order valence-electron chi connectivity index (χ0n) is 11.6. The Hall–Kier alpha value is -1.33. The molecule has 2 amide bonds. The summed E-state index contributed by atoms with van der Waals surface area (Å²) in [4.78, 5) is 27.0. The van der Waals surface area contributed by atoms with E-state index in [1.807, 2.05) is 12.1 Å². The predicted octanol–water partition coefficient (Wildman–Crippen LogP) is 2.58. The molecule has 0 aromatic carbocycles. The van der Waals surface area contributed by atoms with Crippen molar-refractivity contribution in [1.29, 1.82) is 0 Å². The maximum atomic E-state index is 12.4. The zero-order chi connectivity index (χ0) is 15.0. The lowest BCUT2D eigenvalue weighted by atomic mass is 10.0. The number of likely N-dealkylation sites (tertiary alicyclic amines) is 1. The van der Waals surface area contributed by atoms with E-state index in [2.05, 4.69) is 11.9 Å². The van der Waals surface area contributed by atoms with Crippen LogP contribution in [0.4, 0.5) is 0 Å². The van der Waals surface area contributed by atoms with Crippen LogP contribution in [-0.4, -0.2) is 29.3 Å². The van der Waals surface area contributed by atoms with Gasteiger partial charge in [-0.3, -0.25) is 9.59 Å². The summed E-state index contributed by atoms with van der Waals surface area (Å²) in [5, 5.41) is 2.91. The molecule has 1 atom stereocenters. The van der Waals surface area contributed by atoms with Gasteiger partial charge in [0, 0.05) is 11.4 Å². The van der Waals surface area contributed by atoms with Crippen LogP contribution in [0.5, 0.6) is 0 Å². The standard InChI is InChI=1S/C15H17ClN2O2S/c1-2-13(19)18-9-15(5-6-15)7-11(18)14(20)17-8-10-3-4-12(16)21-10/h2-4,11H,1,5-9H2,(H,17,20)/t11-/m1/s1. The summed E-state index contributed by atoms with van der Waals surface area (Å²) in [6, 6.07) is 3.35. The first-order valence-electron chi connectivity index (χ1n) is 6.98. The van der Waals surface area contributed by atoms with Crippen LogP contribution >= 0.6 is 22.9 Å². The third-order valence-corrected chi connectivity index (χ3v) is 5.52. The quantitative estimate of drug-likeness (QED) is 0.865. The largest absolute Gasteiger partial charge is 0.349 e. The minimum Gasteiger partial charge on any atom is -0.349 e. The molecule has 21 heavy (non-hydrogen) atoms. The Morgan fingerprint density at radius 2 is 2.29 bits per heavy atom. The van der Waals surface area contributed by atoms with Crippen molar-refractivity contribution in [3.05, 3.63) is 34.0 Å². The van der Waals surface area contributed by atoms with Crippen LogP contribution in [0.2, 0.25) is 4.34 Å². The molecule has 2 aliphatic rings. The van der Waals surface area contributed by atoms with Crippen molar-refractivity contribution in [3.8, 4) is 0 Å². The van der Waals surface area contributed by atoms with Gasteiger partial charge in [0.1, 0.15) is 6.04 Å². The second kappa shape index (κ2) is 5.46. The van der Waals surface area contributed by atoms with Crippen LogP contribution < -0.4 is 5.32 Å². The Morgan fingerprint density at radius 1 is 1.52 bits per heavy atom. The fourth-order valence-electron chi connectivity index (χ4n) is 2.92. The highest BCUT2D eigenvalue weighted by Crippen LogP contribution is 2.54. The van der Waals surface area contributed by atoms with Crippen LogP contribution in [0, 0.1) is 5.41 Å². The highest BCUT2D eigenvalue weighted by molar-refractivity contribution is 7.16. The molecule has 6 heteroatoms. The molecule has 4 nitrogen and oxygen atoms in total. The third-order valence-electron chi connectivity index (χ3n) is 4.29. The van der Waals surface area contributed by atoms with Crippen molar-refractivity contribution in [1.82, 2.24) is 10.2 Å². The number of thiophene rings is 1. The van der Waals surface area contributed by atoms with Crippen LogP contribution in [0.3, 0.4) is 0 Å². The van der Waals surface area contributed by atoms with Crippen LogP contribution in [0.25, 0.3) is 0 Å². The highest BCUT2D eigenvalue weighted by Gasteiger charge is 2.54. The molecule has 1 aliphatic heterocycles. The molecule has 2 fully saturated rings. The van der Waals surface area contributed by atoms with E-state index in [0.29, 0.717) is 17.4 Å². The van der Waals surface area contributed by atoms with Crippen molar-refractivity contribution in [3.63, 3.8) is 0 Å². The lowest BCUT2D eigenvalue weighted by Crippen LogP contribution is -2.45. The van der Waals surface area contributed by atoms with Crippen molar-refractivity contribution in [2.75, 3.05) is 6.54 Å². The number of nitrogens with one attached hydrogen (secondary N) is 1. The molecule has 1 saturated heterocycles. The number of carbonyl (C=O) groups excluding carboxylic acids is 2. The molecule has 1 saturated carbocycles. The summed E-state index contributed by atoms with van der Waals surface area (Å²) in [6.45, 7) is 4.66. The van der Waals surface area contributed by atoms with E-state index in [9.17, 15) is 9.59 Å². The number of nitrogens with zero attached hydrogens (tertiary/aromatic N) is 1. The van der Waals surface area contributed by atoms with Gasteiger partial charge >= 0.3 is 0 Å². The van der Waals surface area contributed by atoms with Crippen molar-refractivity contribution in [2.24, 2.45) is 5.41 Å². The summed E-state index contributed by atoms with van der Waals surface area (Å²) >= 11 is 7.32. The van der Waals surface area contributed by atoms with Crippen molar-refractivity contribution in [2.45, 2.75) is 31.8 Å². The molecule has 1 aliphatic carbocycles. The van der Waals surface area contributed by atoms with E-state index in [-0.39, 0.29) is 23.3 Å². The maximum Gasteiger partial charge on any atom is 0.246 e. The molecule has 1 aromatic heterocycles.